The average Bonchev–Trinajstić information content (AvgIpc) is 2.26. The number of amides is 1. The molecule has 0 aliphatic carbocycles. The van der Waals surface area contributed by atoms with Gasteiger partial charge in [0.15, 0.2) is 0 Å². The summed E-state index contributed by atoms with van der Waals surface area (Å²) >= 11 is 1.69. The highest BCUT2D eigenvalue weighted by molar-refractivity contribution is 7.99. The van der Waals surface area contributed by atoms with Gasteiger partial charge >= 0.3 is 5.97 Å². The van der Waals surface area contributed by atoms with Crippen LogP contribution in [0, 0.1) is 0 Å². The summed E-state index contributed by atoms with van der Waals surface area (Å²) in [6.45, 7) is 3.00. The van der Waals surface area contributed by atoms with Crippen molar-refractivity contribution >= 4 is 23.6 Å². The summed E-state index contributed by atoms with van der Waals surface area (Å²) < 4.78 is 5.06. The standard InChI is InChI=1S/C10H17NO4S/c1-2-15-6-9(12)11-3-4-16-7-8(11)5-10(13)14/h8H,2-7H2,1H3,(H,13,14). The van der Waals surface area contributed by atoms with Gasteiger partial charge in [-0.2, -0.15) is 11.8 Å². The minimum absolute atomic E-state index is 0.0187. The predicted octanol–water partition coefficient (Wildman–Crippen LogP) is 0.442. The van der Waals surface area contributed by atoms with Crippen LogP contribution >= 0.6 is 11.8 Å². The van der Waals surface area contributed by atoms with Gasteiger partial charge in [0.05, 0.1) is 12.5 Å². The van der Waals surface area contributed by atoms with Crippen LogP contribution in [0.4, 0.5) is 0 Å². The van der Waals surface area contributed by atoms with Crippen molar-refractivity contribution in [3.05, 3.63) is 0 Å². The van der Waals surface area contributed by atoms with E-state index < -0.39 is 5.97 Å². The molecular formula is C10H17NO4S. The molecule has 16 heavy (non-hydrogen) atoms. The zero-order valence-corrected chi connectivity index (χ0v) is 10.2. The lowest BCUT2D eigenvalue weighted by Gasteiger charge is -2.34. The zero-order valence-electron chi connectivity index (χ0n) is 9.35. The topological polar surface area (TPSA) is 66.8 Å². The van der Waals surface area contributed by atoms with Crippen molar-refractivity contribution in [2.24, 2.45) is 0 Å². The van der Waals surface area contributed by atoms with Crippen LogP contribution in [0.2, 0.25) is 0 Å². The minimum atomic E-state index is -0.860. The molecule has 1 N–H and O–H groups in total. The Morgan fingerprint density at radius 2 is 2.31 bits per heavy atom. The van der Waals surface area contributed by atoms with Crippen molar-refractivity contribution in [3.63, 3.8) is 0 Å². The summed E-state index contributed by atoms with van der Waals surface area (Å²) in [6, 6.07) is -0.191. The molecular weight excluding hydrogens is 230 g/mol. The maximum Gasteiger partial charge on any atom is 0.305 e. The van der Waals surface area contributed by atoms with E-state index in [1.54, 1.807) is 16.7 Å². The fourth-order valence-electron chi connectivity index (χ4n) is 1.63. The Bertz CT molecular complexity index is 259. The van der Waals surface area contributed by atoms with E-state index in [9.17, 15) is 9.59 Å². The molecule has 92 valence electrons. The lowest BCUT2D eigenvalue weighted by molar-refractivity contribution is -0.142. The normalized spacial score (nSPS) is 20.8. The fourth-order valence-corrected chi connectivity index (χ4v) is 2.69. The van der Waals surface area contributed by atoms with Crippen LogP contribution in [0.15, 0.2) is 0 Å². The Morgan fingerprint density at radius 3 is 2.94 bits per heavy atom. The molecule has 6 heteroatoms. The summed E-state index contributed by atoms with van der Waals surface area (Å²) in [5.74, 6) is 0.605. The van der Waals surface area contributed by atoms with Gasteiger partial charge in [-0.15, -0.1) is 0 Å². The van der Waals surface area contributed by atoms with Crippen LogP contribution in [-0.2, 0) is 14.3 Å². The molecule has 1 unspecified atom stereocenters. The largest absolute Gasteiger partial charge is 0.481 e. The SMILES string of the molecule is CCOCC(=O)N1CCSCC1CC(=O)O. The molecule has 1 fully saturated rings. The zero-order chi connectivity index (χ0) is 12.0. The van der Waals surface area contributed by atoms with Gasteiger partial charge in [0.2, 0.25) is 5.91 Å². The smallest absolute Gasteiger partial charge is 0.305 e. The lowest BCUT2D eigenvalue weighted by Crippen LogP contribution is -2.48. The number of ether oxygens (including phenoxy) is 1. The van der Waals surface area contributed by atoms with E-state index in [0.717, 1.165) is 5.75 Å². The quantitative estimate of drug-likeness (QED) is 0.763. The van der Waals surface area contributed by atoms with Crippen molar-refractivity contribution < 1.29 is 19.4 Å². The highest BCUT2D eigenvalue weighted by Gasteiger charge is 2.28. The molecule has 0 aromatic heterocycles. The number of carbonyl (C=O) groups excluding carboxylic acids is 1. The lowest BCUT2D eigenvalue weighted by atomic mass is 10.2. The molecule has 1 atom stereocenters. The number of hydrogen-bond donors (Lipinski definition) is 1. The van der Waals surface area contributed by atoms with E-state index in [0.29, 0.717) is 18.9 Å². The molecule has 0 saturated carbocycles. The van der Waals surface area contributed by atoms with E-state index >= 15 is 0 Å². The first-order valence-electron chi connectivity index (χ1n) is 5.32. The van der Waals surface area contributed by atoms with Crippen molar-refractivity contribution in [1.29, 1.82) is 0 Å². The maximum absolute atomic E-state index is 11.7. The molecule has 1 amide bonds. The Kier molecular flexibility index (Phi) is 5.62. The van der Waals surface area contributed by atoms with E-state index in [4.69, 9.17) is 9.84 Å². The molecule has 1 aliphatic rings. The van der Waals surface area contributed by atoms with E-state index in [1.165, 1.54) is 0 Å². The van der Waals surface area contributed by atoms with Gasteiger partial charge in [0.25, 0.3) is 0 Å². The van der Waals surface area contributed by atoms with Crippen molar-refractivity contribution in [2.75, 3.05) is 31.3 Å². The molecule has 0 aromatic rings. The highest BCUT2D eigenvalue weighted by Crippen LogP contribution is 2.19. The number of thioether (sulfide) groups is 1. The van der Waals surface area contributed by atoms with Gasteiger partial charge in [-0.05, 0) is 6.92 Å². The van der Waals surface area contributed by atoms with Gasteiger partial charge in [0, 0.05) is 24.7 Å². The van der Waals surface area contributed by atoms with Crippen molar-refractivity contribution in [1.82, 2.24) is 4.90 Å². The third kappa shape index (κ3) is 4.02. The molecule has 0 radical (unpaired) electrons. The highest BCUT2D eigenvalue weighted by atomic mass is 32.2. The molecule has 0 bridgehead atoms. The number of carboxylic acid groups (broad SMARTS) is 1. The van der Waals surface area contributed by atoms with Crippen LogP contribution in [0.3, 0.4) is 0 Å². The molecule has 1 saturated heterocycles. The summed E-state index contributed by atoms with van der Waals surface area (Å²) in [5.41, 5.74) is 0. The molecule has 1 heterocycles. The van der Waals surface area contributed by atoms with Crippen LogP contribution in [-0.4, -0.2) is 59.2 Å². The van der Waals surface area contributed by atoms with Gasteiger partial charge in [-0.25, -0.2) is 0 Å². The Morgan fingerprint density at radius 1 is 1.56 bits per heavy atom. The molecule has 5 nitrogen and oxygen atoms in total. The van der Waals surface area contributed by atoms with Crippen LogP contribution in [0.1, 0.15) is 13.3 Å². The Labute approximate surface area is 99.1 Å². The van der Waals surface area contributed by atoms with Gasteiger partial charge in [0.1, 0.15) is 6.61 Å². The second-order valence-electron chi connectivity index (χ2n) is 3.55. The number of aliphatic carboxylic acids is 1. The average molecular weight is 247 g/mol. The molecule has 1 aliphatic heterocycles. The third-order valence-electron chi connectivity index (χ3n) is 2.39. The first-order valence-corrected chi connectivity index (χ1v) is 6.47. The minimum Gasteiger partial charge on any atom is -0.481 e. The third-order valence-corrected chi connectivity index (χ3v) is 3.48. The second kappa shape index (κ2) is 6.75. The summed E-state index contributed by atoms with van der Waals surface area (Å²) in [6.07, 6.45) is 0.0187. The monoisotopic (exact) mass is 247 g/mol. The molecule has 1 rings (SSSR count). The number of carboxylic acids is 1. The fraction of sp³-hybridized carbons (Fsp3) is 0.800. The van der Waals surface area contributed by atoms with Gasteiger partial charge in [-0.1, -0.05) is 0 Å². The van der Waals surface area contributed by atoms with Crippen molar-refractivity contribution in [2.45, 2.75) is 19.4 Å². The summed E-state index contributed by atoms with van der Waals surface area (Å²) in [7, 11) is 0. The van der Waals surface area contributed by atoms with Crippen LogP contribution in [0.25, 0.3) is 0 Å². The first kappa shape index (κ1) is 13.3. The van der Waals surface area contributed by atoms with Crippen molar-refractivity contribution in [3.8, 4) is 0 Å². The van der Waals surface area contributed by atoms with E-state index in [-0.39, 0.29) is 25.0 Å². The Balaban J connectivity index is 2.51. The first-order chi connectivity index (χ1) is 7.65. The molecule has 0 spiro atoms. The number of carbonyl (C=O) groups is 2. The number of hydrogen-bond acceptors (Lipinski definition) is 4. The van der Waals surface area contributed by atoms with Crippen LogP contribution in [0.5, 0.6) is 0 Å². The maximum atomic E-state index is 11.7. The summed E-state index contributed by atoms with van der Waals surface area (Å²) in [4.78, 5) is 24.1. The number of nitrogens with zero attached hydrogens (tertiary/aromatic N) is 1. The van der Waals surface area contributed by atoms with E-state index in [1.807, 2.05) is 6.92 Å². The summed E-state index contributed by atoms with van der Waals surface area (Å²) in [5, 5.41) is 8.76. The predicted molar refractivity (Wildman–Crippen MR) is 61.6 cm³/mol. The van der Waals surface area contributed by atoms with E-state index in [2.05, 4.69) is 0 Å². The Hall–Kier alpha value is -0.750. The molecule has 0 aromatic carbocycles. The number of rotatable bonds is 5. The second-order valence-corrected chi connectivity index (χ2v) is 4.70. The van der Waals surface area contributed by atoms with Gasteiger partial charge in [-0.3, -0.25) is 9.59 Å². The van der Waals surface area contributed by atoms with Gasteiger partial charge < -0.3 is 14.7 Å². The van der Waals surface area contributed by atoms with Crippen LogP contribution < -0.4 is 0 Å².